The highest BCUT2D eigenvalue weighted by atomic mass is 15.3. The van der Waals surface area contributed by atoms with E-state index in [1.54, 1.807) is 12.1 Å². The van der Waals surface area contributed by atoms with Crippen molar-refractivity contribution in [3.63, 3.8) is 0 Å². The maximum Gasteiger partial charge on any atom is 0.163 e. The largest absolute Gasteiger partial charge is 0.361 e. The van der Waals surface area contributed by atoms with Crippen LogP contribution in [0.15, 0.2) is 36.5 Å². The summed E-state index contributed by atoms with van der Waals surface area (Å²) in [6, 6.07) is 10.9. The number of nitriles is 1. The van der Waals surface area contributed by atoms with Gasteiger partial charge in [0.2, 0.25) is 0 Å². The summed E-state index contributed by atoms with van der Waals surface area (Å²) in [5, 5.41) is 27.5. The smallest absolute Gasteiger partial charge is 0.163 e. The Bertz CT molecular complexity index is 739. The van der Waals surface area contributed by atoms with E-state index in [0.29, 0.717) is 18.1 Å². The molecule has 0 spiro atoms. The third-order valence-corrected chi connectivity index (χ3v) is 2.59. The van der Waals surface area contributed by atoms with Crippen LogP contribution in [0.2, 0.25) is 0 Å². The van der Waals surface area contributed by atoms with Crippen molar-refractivity contribution in [3.05, 3.63) is 48.0 Å². The molecule has 0 aromatic carbocycles. The van der Waals surface area contributed by atoms with Crippen molar-refractivity contribution in [3.8, 4) is 6.07 Å². The predicted molar refractivity (Wildman–Crippen MR) is 67.1 cm³/mol. The molecule has 7 heteroatoms. The first-order chi connectivity index (χ1) is 9.36. The van der Waals surface area contributed by atoms with Gasteiger partial charge in [0.05, 0.1) is 6.54 Å². The molecule has 0 saturated heterocycles. The molecule has 19 heavy (non-hydrogen) atoms. The first-order valence-corrected chi connectivity index (χ1v) is 5.63. The molecule has 92 valence electrons. The summed E-state index contributed by atoms with van der Waals surface area (Å²) in [7, 11) is 0. The number of pyridine rings is 1. The Morgan fingerprint density at radius 3 is 2.84 bits per heavy atom. The van der Waals surface area contributed by atoms with Crippen LogP contribution in [0.3, 0.4) is 0 Å². The Kier molecular flexibility index (Phi) is 2.74. The van der Waals surface area contributed by atoms with Gasteiger partial charge in [-0.25, -0.2) is 0 Å². The predicted octanol–water partition coefficient (Wildman–Crippen LogP) is 1.00. The van der Waals surface area contributed by atoms with Gasteiger partial charge in [-0.3, -0.25) is 4.40 Å². The minimum Gasteiger partial charge on any atom is -0.361 e. The molecule has 0 aliphatic heterocycles. The monoisotopic (exact) mass is 251 g/mol. The van der Waals surface area contributed by atoms with E-state index in [1.165, 1.54) is 0 Å². The van der Waals surface area contributed by atoms with Crippen LogP contribution in [0.1, 0.15) is 11.5 Å². The van der Waals surface area contributed by atoms with Crippen LogP contribution < -0.4 is 5.32 Å². The summed E-state index contributed by atoms with van der Waals surface area (Å²) in [5.41, 5.74) is 1.09. The maximum atomic E-state index is 8.63. The average molecular weight is 251 g/mol. The minimum absolute atomic E-state index is 0.290. The lowest BCUT2D eigenvalue weighted by atomic mass is 10.4. The third kappa shape index (κ3) is 2.19. The molecule has 0 atom stereocenters. The van der Waals surface area contributed by atoms with E-state index < -0.39 is 0 Å². The lowest BCUT2D eigenvalue weighted by molar-refractivity contribution is 0.899. The number of rotatable bonds is 3. The number of aromatic nitrogens is 5. The van der Waals surface area contributed by atoms with E-state index in [1.807, 2.05) is 34.9 Å². The molecule has 3 heterocycles. The van der Waals surface area contributed by atoms with Crippen LogP contribution in [0.5, 0.6) is 0 Å². The van der Waals surface area contributed by atoms with E-state index in [-0.39, 0.29) is 0 Å². The van der Waals surface area contributed by atoms with Crippen molar-refractivity contribution in [1.29, 1.82) is 5.26 Å². The van der Waals surface area contributed by atoms with E-state index >= 15 is 0 Å². The second-order valence-electron chi connectivity index (χ2n) is 3.81. The number of nitrogens with one attached hydrogen (secondary N) is 1. The minimum atomic E-state index is 0.290. The Morgan fingerprint density at radius 1 is 1.11 bits per heavy atom. The highest BCUT2D eigenvalue weighted by Gasteiger charge is 2.04. The van der Waals surface area contributed by atoms with E-state index in [2.05, 4.69) is 25.7 Å². The second kappa shape index (κ2) is 4.70. The first kappa shape index (κ1) is 11.1. The summed E-state index contributed by atoms with van der Waals surface area (Å²) in [6.45, 7) is 0.478. The zero-order chi connectivity index (χ0) is 13.1. The van der Waals surface area contributed by atoms with Crippen molar-refractivity contribution in [1.82, 2.24) is 24.8 Å². The average Bonchev–Trinajstić information content (AvgIpc) is 2.89. The summed E-state index contributed by atoms with van der Waals surface area (Å²) in [4.78, 5) is 0. The summed E-state index contributed by atoms with van der Waals surface area (Å²) in [5.74, 6) is 1.37. The molecule has 0 radical (unpaired) electrons. The second-order valence-corrected chi connectivity index (χ2v) is 3.81. The fourth-order valence-corrected chi connectivity index (χ4v) is 1.67. The molecular formula is C12H9N7. The molecule has 0 fully saturated rings. The van der Waals surface area contributed by atoms with Crippen LogP contribution in [-0.2, 0) is 6.54 Å². The highest BCUT2D eigenvalue weighted by molar-refractivity contribution is 5.39. The van der Waals surface area contributed by atoms with Gasteiger partial charge >= 0.3 is 0 Å². The lowest BCUT2D eigenvalue weighted by Crippen LogP contribution is -2.06. The molecular weight excluding hydrogens is 242 g/mol. The van der Waals surface area contributed by atoms with Crippen LogP contribution >= 0.6 is 0 Å². The number of anilines is 1. The molecule has 3 aromatic rings. The molecule has 0 aliphatic carbocycles. The zero-order valence-electron chi connectivity index (χ0n) is 9.85. The zero-order valence-corrected chi connectivity index (χ0v) is 9.85. The molecule has 3 aromatic heterocycles. The summed E-state index contributed by atoms with van der Waals surface area (Å²) in [6.07, 6.45) is 1.90. The van der Waals surface area contributed by atoms with Gasteiger partial charge < -0.3 is 5.32 Å². The number of hydrogen-bond acceptors (Lipinski definition) is 6. The van der Waals surface area contributed by atoms with E-state index in [4.69, 9.17) is 5.26 Å². The van der Waals surface area contributed by atoms with Crippen molar-refractivity contribution in [2.75, 3.05) is 5.32 Å². The van der Waals surface area contributed by atoms with Gasteiger partial charge in [-0.1, -0.05) is 6.07 Å². The number of hydrogen-bond donors (Lipinski definition) is 1. The molecule has 7 nitrogen and oxygen atoms in total. The Balaban J connectivity index is 1.77. The standard InChI is InChI=1S/C12H9N7/c13-7-9-4-5-10(16-15-9)14-8-12-18-17-11-3-1-2-6-19(11)12/h1-6H,8H2,(H,14,16). The Hall–Kier alpha value is -3.01. The van der Waals surface area contributed by atoms with Crippen molar-refractivity contribution < 1.29 is 0 Å². The van der Waals surface area contributed by atoms with Gasteiger partial charge in [0, 0.05) is 6.20 Å². The Labute approximate surface area is 108 Å². The van der Waals surface area contributed by atoms with Gasteiger partial charge in [0.25, 0.3) is 0 Å². The highest BCUT2D eigenvalue weighted by Crippen LogP contribution is 2.06. The van der Waals surface area contributed by atoms with Gasteiger partial charge in [-0.05, 0) is 24.3 Å². The van der Waals surface area contributed by atoms with Crippen molar-refractivity contribution in [2.45, 2.75) is 6.54 Å². The van der Waals surface area contributed by atoms with Gasteiger partial charge in [-0.15, -0.1) is 20.4 Å². The van der Waals surface area contributed by atoms with Crippen molar-refractivity contribution in [2.24, 2.45) is 0 Å². The quantitative estimate of drug-likeness (QED) is 0.746. The lowest BCUT2D eigenvalue weighted by Gasteiger charge is -2.03. The normalized spacial score (nSPS) is 10.3. The molecule has 0 aliphatic rings. The maximum absolute atomic E-state index is 8.63. The topological polar surface area (TPSA) is 91.8 Å². The molecule has 0 bridgehead atoms. The molecule has 0 amide bonds. The molecule has 0 unspecified atom stereocenters. The van der Waals surface area contributed by atoms with E-state index in [9.17, 15) is 0 Å². The fraction of sp³-hybridized carbons (Fsp3) is 0.0833. The number of fused-ring (bicyclic) bond motifs is 1. The SMILES string of the molecule is N#Cc1ccc(NCc2nnc3ccccn23)nn1. The number of nitrogens with zero attached hydrogens (tertiary/aromatic N) is 6. The summed E-state index contributed by atoms with van der Waals surface area (Å²) < 4.78 is 1.89. The van der Waals surface area contributed by atoms with Gasteiger partial charge in [0.1, 0.15) is 11.9 Å². The van der Waals surface area contributed by atoms with Crippen LogP contribution in [0, 0.1) is 11.3 Å². The molecule has 0 saturated carbocycles. The molecule has 1 N–H and O–H groups in total. The van der Waals surface area contributed by atoms with Gasteiger partial charge in [0.15, 0.2) is 17.2 Å². The van der Waals surface area contributed by atoms with Crippen molar-refractivity contribution >= 4 is 11.5 Å². The van der Waals surface area contributed by atoms with Crippen LogP contribution in [-0.4, -0.2) is 24.8 Å². The van der Waals surface area contributed by atoms with Gasteiger partial charge in [-0.2, -0.15) is 5.26 Å². The van der Waals surface area contributed by atoms with Crippen LogP contribution in [0.25, 0.3) is 5.65 Å². The third-order valence-electron chi connectivity index (χ3n) is 2.59. The fourth-order valence-electron chi connectivity index (χ4n) is 1.67. The first-order valence-electron chi connectivity index (χ1n) is 5.63. The van der Waals surface area contributed by atoms with E-state index in [0.717, 1.165) is 11.5 Å². The Morgan fingerprint density at radius 2 is 2.05 bits per heavy atom. The summed E-state index contributed by atoms with van der Waals surface area (Å²) >= 11 is 0. The van der Waals surface area contributed by atoms with Crippen LogP contribution in [0.4, 0.5) is 5.82 Å². The molecule has 3 rings (SSSR count).